The second-order valence-electron chi connectivity index (χ2n) is 9.44. The lowest BCUT2D eigenvalue weighted by molar-refractivity contribution is -0.128. The molecule has 4 atom stereocenters. The second kappa shape index (κ2) is 5.59. The van der Waals surface area contributed by atoms with Gasteiger partial charge in [0.15, 0.2) is 0 Å². The average molecular weight is 329 g/mol. The number of carbonyl (C=O) groups excluding carboxylic acids is 1. The van der Waals surface area contributed by atoms with Crippen molar-refractivity contribution in [2.24, 2.45) is 11.3 Å². The fourth-order valence-electron chi connectivity index (χ4n) is 4.92. The summed E-state index contributed by atoms with van der Waals surface area (Å²) >= 11 is 0. The first-order valence-corrected chi connectivity index (χ1v) is 9.24. The Morgan fingerprint density at radius 1 is 1.12 bits per heavy atom. The Bertz CT molecular complexity index is 638. The van der Waals surface area contributed by atoms with Crippen molar-refractivity contribution in [1.29, 1.82) is 0 Å². The minimum atomic E-state index is -0.0620. The van der Waals surface area contributed by atoms with E-state index in [1.165, 1.54) is 11.3 Å². The van der Waals surface area contributed by atoms with Crippen LogP contribution in [0.1, 0.15) is 66.4 Å². The molecule has 0 aliphatic carbocycles. The molecule has 2 aliphatic heterocycles. The van der Waals surface area contributed by atoms with Crippen LogP contribution in [0.15, 0.2) is 24.3 Å². The smallest absolute Gasteiger partial charge is 0.150 e. The molecule has 1 fully saturated rings. The van der Waals surface area contributed by atoms with E-state index >= 15 is 0 Å². The average Bonchev–Trinajstić information content (AvgIpc) is 2.98. The highest BCUT2D eigenvalue weighted by Gasteiger charge is 2.60. The van der Waals surface area contributed by atoms with Crippen LogP contribution in [0.25, 0.3) is 0 Å². The third kappa shape index (κ3) is 2.57. The Morgan fingerprint density at radius 3 is 2.29 bits per heavy atom. The molecular formula is C21H32N2O. The van der Waals surface area contributed by atoms with Crippen molar-refractivity contribution in [3.8, 4) is 0 Å². The molecule has 3 nitrogen and oxygen atoms in total. The van der Waals surface area contributed by atoms with Crippen LogP contribution in [-0.4, -0.2) is 28.4 Å². The summed E-state index contributed by atoms with van der Waals surface area (Å²) in [5.41, 5.74) is 2.62. The molecule has 0 spiro atoms. The number of para-hydroxylation sites is 1. The summed E-state index contributed by atoms with van der Waals surface area (Å²) < 4.78 is 0. The van der Waals surface area contributed by atoms with Gasteiger partial charge in [0.2, 0.25) is 0 Å². The Kier molecular flexibility index (Phi) is 4.07. The van der Waals surface area contributed by atoms with Gasteiger partial charge in [-0.05, 0) is 43.7 Å². The van der Waals surface area contributed by atoms with Crippen LogP contribution in [0.2, 0.25) is 0 Å². The maximum absolute atomic E-state index is 13.0. The maximum atomic E-state index is 13.0. The molecule has 0 radical (unpaired) electrons. The number of hydrogen-bond donors (Lipinski definition) is 1. The van der Waals surface area contributed by atoms with Crippen LogP contribution >= 0.6 is 0 Å². The first-order chi connectivity index (χ1) is 11.1. The zero-order valence-corrected chi connectivity index (χ0v) is 16.2. The van der Waals surface area contributed by atoms with E-state index in [1.807, 2.05) is 6.92 Å². The Labute approximate surface area is 146 Å². The van der Waals surface area contributed by atoms with E-state index in [9.17, 15) is 4.79 Å². The van der Waals surface area contributed by atoms with Gasteiger partial charge >= 0.3 is 0 Å². The number of carbonyl (C=O) groups is 1. The number of anilines is 1. The minimum Gasteiger partial charge on any atom is -0.369 e. The highest BCUT2D eigenvalue weighted by molar-refractivity contribution is 5.85. The first kappa shape index (κ1) is 17.5. The molecule has 0 aromatic heterocycles. The minimum absolute atomic E-state index is 0.0224. The summed E-state index contributed by atoms with van der Waals surface area (Å²) in [6.07, 6.45) is 0.803. The van der Waals surface area contributed by atoms with E-state index in [4.69, 9.17) is 0 Å². The van der Waals surface area contributed by atoms with E-state index in [-0.39, 0.29) is 23.2 Å². The lowest BCUT2D eigenvalue weighted by atomic mass is 9.68. The zero-order chi connectivity index (χ0) is 17.9. The molecule has 3 rings (SSSR count). The molecule has 4 unspecified atom stereocenters. The summed E-state index contributed by atoms with van der Waals surface area (Å²) in [4.78, 5) is 15.5. The van der Waals surface area contributed by atoms with Gasteiger partial charge in [-0.1, -0.05) is 45.9 Å². The monoisotopic (exact) mass is 328 g/mol. The second-order valence-corrected chi connectivity index (χ2v) is 9.44. The predicted octanol–water partition coefficient (Wildman–Crippen LogP) is 4.65. The third-order valence-electron chi connectivity index (χ3n) is 5.74. The number of nitrogens with one attached hydrogen (secondary N) is 1. The predicted molar refractivity (Wildman–Crippen MR) is 100 cm³/mol. The number of likely N-dealkylation sites (tertiary alicyclic amines) is 1. The SMILES string of the molecule is CCC(=O)C1C(C(C)(C)C)C2c3ccccc3NC2N1C(C)(C)C. The van der Waals surface area contributed by atoms with Crippen molar-refractivity contribution in [2.45, 2.75) is 78.6 Å². The zero-order valence-electron chi connectivity index (χ0n) is 16.2. The number of hydrogen-bond acceptors (Lipinski definition) is 3. The van der Waals surface area contributed by atoms with Crippen molar-refractivity contribution in [3.05, 3.63) is 29.8 Å². The van der Waals surface area contributed by atoms with Gasteiger partial charge < -0.3 is 5.32 Å². The van der Waals surface area contributed by atoms with Crippen molar-refractivity contribution in [3.63, 3.8) is 0 Å². The molecule has 3 heteroatoms. The van der Waals surface area contributed by atoms with E-state index in [0.717, 1.165) is 0 Å². The normalized spacial score (nSPS) is 30.0. The van der Waals surface area contributed by atoms with Gasteiger partial charge in [0.25, 0.3) is 0 Å². The van der Waals surface area contributed by atoms with Gasteiger partial charge in [0, 0.05) is 23.6 Å². The molecule has 2 aliphatic rings. The molecule has 2 heterocycles. The van der Waals surface area contributed by atoms with E-state index in [0.29, 0.717) is 24.0 Å². The molecule has 24 heavy (non-hydrogen) atoms. The van der Waals surface area contributed by atoms with Gasteiger partial charge in [-0.25, -0.2) is 0 Å². The van der Waals surface area contributed by atoms with Gasteiger partial charge in [-0.15, -0.1) is 0 Å². The van der Waals surface area contributed by atoms with Crippen LogP contribution in [-0.2, 0) is 4.79 Å². The van der Waals surface area contributed by atoms with Crippen LogP contribution in [0, 0.1) is 11.3 Å². The summed E-state index contributed by atoms with van der Waals surface area (Å²) in [5, 5.41) is 3.74. The topological polar surface area (TPSA) is 32.3 Å². The van der Waals surface area contributed by atoms with E-state index < -0.39 is 0 Å². The number of rotatable bonds is 2. The van der Waals surface area contributed by atoms with E-state index in [1.54, 1.807) is 0 Å². The van der Waals surface area contributed by atoms with Crippen LogP contribution < -0.4 is 5.32 Å². The highest BCUT2D eigenvalue weighted by Crippen LogP contribution is 2.56. The van der Waals surface area contributed by atoms with Gasteiger partial charge in [-0.3, -0.25) is 9.69 Å². The molecule has 0 saturated carbocycles. The summed E-state index contributed by atoms with van der Waals surface area (Å²) in [6, 6.07) is 8.61. The summed E-state index contributed by atoms with van der Waals surface area (Å²) in [5.74, 6) is 1.05. The van der Waals surface area contributed by atoms with Gasteiger partial charge in [-0.2, -0.15) is 0 Å². The van der Waals surface area contributed by atoms with Crippen molar-refractivity contribution < 1.29 is 4.79 Å². The third-order valence-corrected chi connectivity index (χ3v) is 5.74. The first-order valence-electron chi connectivity index (χ1n) is 9.24. The Hall–Kier alpha value is -1.35. The number of ketones is 1. The highest BCUT2D eigenvalue weighted by atomic mass is 16.1. The van der Waals surface area contributed by atoms with E-state index in [2.05, 4.69) is 76.0 Å². The molecule has 1 aromatic rings. The number of nitrogens with zero attached hydrogens (tertiary/aromatic N) is 1. The van der Waals surface area contributed by atoms with Gasteiger partial charge in [0.1, 0.15) is 5.78 Å². The van der Waals surface area contributed by atoms with Crippen molar-refractivity contribution in [1.82, 2.24) is 4.90 Å². The molecule has 1 saturated heterocycles. The van der Waals surface area contributed by atoms with Crippen LogP contribution in [0.3, 0.4) is 0 Å². The summed E-state index contributed by atoms with van der Waals surface area (Å²) in [6.45, 7) is 15.6. The lowest BCUT2D eigenvalue weighted by Gasteiger charge is -2.42. The Morgan fingerprint density at radius 2 is 1.75 bits per heavy atom. The molecule has 132 valence electrons. The molecule has 0 amide bonds. The quantitative estimate of drug-likeness (QED) is 0.858. The molecule has 1 N–H and O–H groups in total. The number of Topliss-reactive ketones (excluding diaryl/α,β-unsaturated/α-hetero) is 1. The lowest BCUT2D eigenvalue weighted by Crippen LogP contribution is -2.55. The number of fused-ring (bicyclic) bond motifs is 3. The van der Waals surface area contributed by atoms with Crippen molar-refractivity contribution in [2.75, 3.05) is 5.32 Å². The number of benzene rings is 1. The fraction of sp³-hybridized carbons (Fsp3) is 0.667. The molecule has 1 aromatic carbocycles. The molecule has 0 bridgehead atoms. The Balaban J connectivity index is 2.18. The van der Waals surface area contributed by atoms with Crippen LogP contribution in [0.5, 0.6) is 0 Å². The standard InChI is InChI=1S/C21H32N2O/c1-8-15(24)18-17(20(2,3)4)16-13-11-9-10-12-14(13)22-19(16)23(18)21(5,6)7/h9-12,16-19,22H,8H2,1-7H3. The fourth-order valence-corrected chi connectivity index (χ4v) is 4.92. The largest absolute Gasteiger partial charge is 0.369 e. The van der Waals surface area contributed by atoms with Crippen molar-refractivity contribution >= 4 is 11.5 Å². The maximum Gasteiger partial charge on any atom is 0.150 e. The molecular weight excluding hydrogens is 296 g/mol. The van der Waals surface area contributed by atoms with Crippen LogP contribution in [0.4, 0.5) is 5.69 Å². The summed E-state index contributed by atoms with van der Waals surface area (Å²) in [7, 11) is 0. The van der Waals surface area contributed by atoms with Gasteiger partial charge in [0.05, 0.1) is 12.2 Å².